The van der Waals surface area contributed by atoms with Gasteiger partial charge < -0.3 is 10.8 Å². The molecule has 0 spiro atoms. The number of ketones is 1. The van der Waals surface area contributed by atoms with Gasteiger partial charge in [0.05, 0.1) is 0 Å². The fraction of sp³-hybridized carbons (Fsp3) is 0.889. The van der Waals surface area contributed by atoms with Gasteiger partial charge in [-0.05, 0) is 44.4 Å². The Hall–Kier alpha value is -0.900. The van der Waals surface area contributed by atoms with Crippen LogP contribution in [0.1, 0.15) is 84.0 Å². The largest absolute Gasteiger partial charge is 0.481 e. The second-order valence-corrected chi connectivity index (χ2v) is 6.84. The molecule has 0 saturated heterocycles. The number of aliphatic carboxylic acids is 1. The van der Waals surface area contributed by atoms with Crippen LogP contribution in [0.15, 0.2) is 0 Å². The zero-order chi connectivity index (χ0) is 16.4. The molecule has 3 N–H and O–H groups in total. The van der Waals surface area contributed by atoms with Gasteiger partial charge in [-0.3, -0.25) is 9.59 Å². The molecule has 1 fully saturated rings. The highest BCUT2D eigenvalue weighted by Gasteiger charge is 2.33. The van der Waals surface area contributed by atoms with Gasteiger partial charge in [0.15, 0.2) is 0 Å². The zero-order valence-corrected chi connectivity index (χ0v) is 14.1. The lowest BCUT2D eigenvalue weighted by Gasteiger charge is -2.20. The molecule has 128 valence electrons. The van der Waals surface area contributed by atoms with Gasteiger partial charge in [-0.25, -0.2) is 0 Å². The first kappa shape index (κ1) is 19.1. The topological polar surface area (TPSA) is 80.4 Å². The molecule has 0 aromatic rings. The molecule has 22 heavy (non-hydrogen) atoms. The lowest BCUT2D eigenvalue weighted by atomic mass is 9.85. The molecule has 1 unspecified atom stereocenters. The fourth-order valence-electron chi connectivity index (χ4n) is 3.59. The standard InChI is InChI=1S/C18H33NO3/c1-2-3-4-7-15(19)12-10-14-11-13-17(20)16(14)8-5-6-9-18(21)22/h14-16H,2-13,19H2,1H3,(H,21,22)/t14-,15?,16+/m0/s1. The van der Waals surface area contributed by atoms with E-state index in [0.717, 1.165) is 38.5 Å². The molecule has 1 rings (SSSR count). The minimum atomic E-state index is -0.743. The van der Waals surface area contributed by atoms with Crippen molar-refractivity contribution in [3.8, 4) is 0 Å². The maximum absolute atomic E-state index is 12.0. The maximum atomic E-state index is 12.0. The third-order valence-electron chi connectivity index (χ3n) is 4.99. The lowest BCUT2D eigenvalue weighted by Crippen LogP contribution is -2.22. The number of rotatable bonds is 12. The van der Waals surface area contributed by atoms with Crippen LogP contribution in [0, 0.1) is 11.8 Å². The molecule has 0 aromatic carbocycles. The van der Waals surface area contributed by atoms with E-state index in [1.807, 2.05) is 0 Å². The number of nitrogens with two attached hydrogens (primary N) is 1. The second-order valence-electron chi connectivity index (χ2n) is 6.84. The van der Waals surface area contributed by atoms with E-state index in [1.165, 1.54) is 19.3 Å². The van der Waals surface area contributed by atoms with E-state index in [-0.39, 0.29) is 18.4 Å². The maximum Gasteiger partial charge on any atom is 0.303 e. The van der Waals surface area contributed by atoms with Gasteiger partial charge in [0.1, 0.15) is 5.78 Å². The number of unbranched alkanes of at least 4 members (excludes halogenated alkanes) is 3. The molecule has 1 aliphatic rings. The Balaban J connectivity index is 2.25. The fourth-order valence-corrected chi connectivity index (χ4v) is 3.59. The van der Waals surface area contributed by atoms with Crippen molar-refractivity contribution in [2.45, 2.75) is 90.0 Å². The van der Waals surface area contributed by atoms with E-state index in [1.54, 1.807) is 0 Å². The van der Waals surface area contributed by atoms with E-state index < -0.39 is 5.97 Å². The highest BCUT2D eigenvalue weighted by molar-refractivity contribution is 5.83. The Morgan fingerprint density at radius 2 is 2.00 bits per heavy atom. The number of carboxylic acid groups (broad SMARTS) is 1. The van der Waals surface area contributed by atoms with Crippen LogP contribution < -0.4 is 5.73 Å². The molecular formula is C18H33NO3. The van der Waals surface area contributed by atoms with Gasteiger partial charge >= 0.3 is 5.97 Å². The Morgan fingerprint density at radius 3 is 2.68 bits per heavy atom. The quantitative estimate of drug-likeness (QED) is 0.535. The molecule has 3 atom stereocenters. The number of Topliss-reactive ketones (excluding diaryl/α,β-unsaturated/α-hetero) is 1. The van der Waals surface area contributed by atoms with Crippen molar-refractivity contribution in [2.75, 3.05) is 0 Å². The number of carboxylic acids is 1. The van der Waals surface area contributed by atoms with Crippen LogP contribution in [0.5, 0.6) is 0 Å². The van der Waals surface area contributed by atoms with Gasteiger partial charge in [-0.1, -0.05) is 32.6 Å². The first-order valence-electron chi connectivity index (χ1n) is 9.04. The zero-order valence-electron chi connectivity index (χ0n) is 14.1. The Morgan fingerprint density at radius 1 is 1.23 bits per heavy atom. The van der Waals surface area contributed by atoms with Gasteiger partial charge in [-0.2, -0.15) is 0 Å². The lowest BCUT2D eigenvalue weighted by molar-refractivity contribution is -0.137. The summed E-state index contributed by atoms with van der Waals surface area (Å²) in [6, 6.07) is 0.273. The predicted molar refractivity (Wildman–Crippen MR) is 88.7 cm³/mol. The van der Waals surface area contributed by atoms with Crippen LogP contribution in [0.4, 0.5) is 0 Å². The third-order valence-corrected chi connectivity index (χ3v) is 4.99. The molecule has 1 saturated carbocycles. The minimum absolute atomic E-state index is 0.164. The van der Waals surface area contributed by atoms with Crippen molar-refractivity contribution in [1.82, 2.24) is 0 Å². The number of carbonyl (C=O) groups is 2. The van der Waals surface area contributed by atoms with Gasteiger partial charge in [0, 0.05) is 24.8 Å². The highest BCUT2D eigenvalue weighted by atomic mass is 16.4. The molecule has 0 radical (unpaired) electrons. The van der Waals surface area contributed by atoms with Crippen LogP contribution >= 0.6 is 0 Å². The third kappa shape index (κ3) is 7.39. The Bertz CT molecular complexity index is 343. The predicted octanol–water partition coefficient (Wildman–Crippen LogP) is 3.91. The van der Waals surface area contributed by atoms with E-state index in [4.69, 9.17) is 10.8 Å². The van der Waals surface area contributed by atoms with Crippen molar-refractivity contribution in [2.24, 2.45) is 17.6 Å². The molecule has 0 aromatic heterocycles. The van der Waals surface area contributed by atoms with E-state index in [0.29, 0.717) is 24.5 Å². The number of hydrogen-bond donors (Lipinski definition) is 2. The minimum Gasteiger partial charge on any atom is -0.481 e. The van der Waals surface area contributed by atoms with Crippen molar-refractivity contribution in [3.05, 3.63) is 0 Å². The van der Waals surface area contributed by atoms with Crippen LogP contribution in [-0.4, -0.2) is 22.9 Å². The molecule has 4 nitrogen and oxygen atoms in total. The van der Waals surface area contributed by atoms with E-state index >= 15 is 0 Å². The summed E-state index contributed by atoms with van der Waals surface area (Å²) >= 11 is 0. The van der Waals surface area contributed by atoms with Crippen LogP contribution in [0.25, 0.3) is 0 Å². The van der Waals surface area contributed by atoms with Crippen LogP contribution in [0.3, 0.4) is 0 Å². The molecule has 0 bridgehead atoms. The molecule has 0 heterocycles. The molecule has 0 aliphatic heterocycles. The van der Waals surface area contributed by atoms with Crippen LogP contribution in [-0.2, 0) is 9.59 Å². The molecule has 0 amide bonds. The summed E-state index contributed by atoms with van der Waals surface area (Å²) < 4.78 is 0. The summed E-state index contributed by atoms with van der Waals surface area (Å²) in [6.07, 6.45) is 11.2. The van der Waals surface area contributed by atoms with Gasteiger partial charge in [0.2, 0.25) is 0 Å². The summed E-state index contributed by atoms with van der Waals surface area (Å²) in [4.78, 5) is 22.5. The van der Waals surface area contributed by atoms with Gasteiger partial charge in [0.25, 0.3) is 0 Å². The summed E-state index contributed by atoms with van der Waals surface area (Å²) in [7, 11) is 0. The SMILES string of the molecule is CCCCCC(N)CC[C@H]1CCC(=O)[C@@H]1CCCCC(=O)O. The van der Waals surface area contributed by atoms with Crippen LogP contribution in [0.2, 0.25) is 0 Å². The number of hydrogen-bond acceptors (Lipinski definition) is 3. The van der Waals surface area contributed by atoms with Crippen molar-refractivity contribution >= 4 is 11.8 Å². The highest BCUT2D eigenvalue weighted by Crippen LogP contribution is 2.36. The average molecular weight is 311 g/mol. The van der Waals surface area contributed by atoms with E-state index in [2.05, 4.69) is 6.92 Å². The Labute approximate surface area is 134 Å². The van der Waals surface area contributed by atoms with Crippen molar-refractivity contribution in [3.63, 3.8) is 0 Å². The number of carbonyl (C=O) groups excluding carboxylic acids is 1. The average Bonchev–Trinajstić information content (AvgIpc) is 2.82. The van der Waals surface area contributed by atoms with Crippen molar-refractivity contribution < 1.29 is 14.7 Å². The summed E-state index contributed by atoms with van der Waals surface area (Å²) in [5.74, 6) is 0.290. The van der Waals surface area contributed by atoms with Gasteiger partial charge in [-0.15, -0.1) is 0 Å². The molecule has 1 aliphatic carbocycles. The smallest absolute Gasteiger partial charge is 0.303 e. The summed E-state index contributed by atoms with van der Waals surface area (Å²) in [5, 5.41) is 8.66. The first-order chi connectivity index (χ1) is 10.5. The summed E-state index contributed by atoms with van der Waals surface area (Å²) in [6.45, 7) is 2.20. The Kier molecular flexibility index (Phi) is 9.37. The monoisotopic (exact) mass is 311 g/mol. The first-order valence-corrected chi connectivity index (χ1v) is 9.04. The van der Waals surface area contributed by atoms with E-state index in [9.17, 15) is 9.59 Å². The molecule has 4 heteroatoms. The normalized spacial score (nSPS) is 22.9. The second kappa shape index (κ2) is 10.8. The molecular weight excluding hydrogens is 278 g/mol. The summed E-state index contributed by atoms with van der Waals surface area (Å²) in [5.41, 5.74) is 6.18. The van der Waals surface area contributed by atoms with Crippen molar-refractivity contribution in [1.29, 1.82) is 0 Å².